The van der Waals surface area contributed by atoms with Crippen molar-refractivity contribution in [1.29, 1.82) is 0 Å². The van der Waals surface area contributed by atoms with Gasteiger partial charge in [-0.25, -0.2) is 66.4 Å². The number of H-pyrrole nitrogens is 2. The van der Waals surface area contributed by atoms with Crippen molar-refractivity contribution in [3.05, 3.63) is 139 Å². The minimum Gasteiger partial charge on any atom is -0.290 e. The molecule has 10 aromatic rings. The van der Waals surface area contributed by atoms with Crippen LogP contribution < -0.4 is 11.4 Å². The number of imidazole rings is 2. The van der Waals surface area contributed by atoms with E-state index in [0.717, 1.165) is 24.5 Å². The highest BCUT2D eigenvalue weighted by atomic mass is 35.5. The number of alkyl halides is 9. The molecule has 0 spiro atoms. The molecule has 384 valence electrons. The molecule has 0 unspecified atom stereocenters. The lowest BCUT2D eigenvalue weighted by atomic mass is 10.1. The van der Waals surface area contributed by atoms with Crippen molar-refractivity contribution in [2.75, 3.05) is 0 Å². The number of aromatic nitrogens is 14. The Morgan fingerprint density at radius 2 is 1.01 bits per heavy atom. The first kappa shape index (κ1) is 50.7. The molecular weight excluding hydrogens is 1040 g/mol. The maximum atomic E-state index is 14.3. The normalized spacial score (nSPS) is 12.4. The summed E-state index contributed by atoms with van der Waals surface area (Å²) in [5.74, 6) is -3.02. The number of nitrogens with zero attached hydrogens (tertiary/aromatic N) is 12. The molecule has 0 bridgehead atoms. The van der Waals surface area contributed by atoms with Gasteiger partial charge in [-0.2, -0.15) is 49.7 Å². The average Bonchev–Trinajstić information content (AvgIpc) is 4.03. The summed E-state index contributed by atoms with van der Waals surface area (Å²) in [5, 5.41) is 8.43. The number of nitrogens with one attached hydrogen (secondary N) is 2. The minimum atomic E-state index is -4.83. The predicted molar refractivity (Wildman–Crippen MR) is 236 cm³/mol. The molecule has 2 N–H and O–H groups in total. The van der Waals surface area contributed by atoms with Gasteiger partial charge in [0.25, 0.3) is 0 Å². The monoisotopic (exact) mass is 1070 g/mol. The van der Waals surface area contributed by atoms with E-state index in [1.54, 1.807) is 18.2 Å². The minimum absolute atomic E-state index is 0.00782. The van der Waals surface area contributed by atoms with Crippen LogP contribution in [0.3, 0.4) is 0 Å². The van der Waals surface area contributed by atoms with Crippen LogP contribution in [0.4, 0.5) is 57.1 Å². The molecule has 16 nitrogen and oxygen atoms in total. The molecule has 0 fully saturated rings. The topological polar surface area (TPSA) is 189 Å². The molecule has 30 heteroatoms. The first-order chi connectivity index (χ1) is 34.9. The van der Waals surface area contributed by atoms with Crippen LogP contribution in [0.15, 0.2) is 82.6 Å². The Kier molecular flexibility index (Phi) is 13.2. The van der Waals surface area contributed by atoms with E-state index in [4.69, 9.17) is 11.6 Å². The first-order valence-electron chi connectivity index (χ1n) is 21.3. The van der Waals surface area contributed by atoms with E-state index >= 15 is 0 Å². The molecule has 0 atom stereocenters. The largest absolute Gasteiger partial charge is 0.406 e. The van der Waals surface area contributed by atoms with Crippen molar-refractivity contribution in [2.24, 2.45) is 0 Å². The Bertz CT molecular complexity index is 3890. The zero-order valence-corrected chi connectivity index (χ0v) is 37.6. The summed E-state index contributed by atoms with van der Waals surface area (Å²) in [6.45, 7) is -3.53. The summed E-state index contributed by atoms with van der Waals surface area (Å²) in [6, 6.07) is 13.9. The number of halogens is 14. The smallest absolute Gasteiger partial charge is 0.290 e. The fourth-order valence-electron chi connectivity index (χ4n) is 7.86. The highest BCUT2D eigenvalue weighted by Crippen LogP contribution is 2.33. The van der Waals surface area contributed by atoms with E-state index in [0.29, 0.717) is 9.13 Å². The van der Waals surface area contributed by atoms with Gasteiger partial charge in [0.1, 0.15) is 58.8 Å². The van der Waals surface area contributed by atoms with Crippen molar-refractivity contribution in [2.45, 2.75) is 64.0 Å². The number of hydrogen-bond donors (Lipinski definition) is 2. The second-order valence-electron chi connectivity index (χ2n) is 16.2. The maximum absolute atomic E-state index is 14.3. The van der Waals surface area contributed by atoms with Crippen LogP contribution in [0.1, 0.15) is 29.7 Å². The van der Waals surface area contributed by atoms with Crippen LogP contribution >= 0.6 is 11.6 Å². The number of hydrogen-bond acceptors (Lipinski definition) is 10. The SMILES string of the molecule is O=c1[nH]c2nc(-c3nn(Cc4ccccc4F)c4ncc(F)cc34)nc(CCCC(F)(F)F)c2n1CC(F)(F)F.O=c1[nH]c2nc(-c3nn(Cc4ccccc4F)c4ncc(F)cc34)nc(Cl)c2n1CC(F)(F)F. The number of aryl methyl sites for hydroxylation is 1. The van der Waals surface area contributed by atoms with Crippen molar-refractivity contribution >= 4 is 56.0 Å². The highest BCUT2D eigenvalue weighted by molar-refractivity contribution is 6.33. The number of rotatable bonds is 11. The van der Waals surface area contributed by atoms with Gasteiger partial charge in [-0.05, 0) is 37.1 Å². The molecule has 8 heterocycles. The van der Waals surface area contributed by atoms with Crippen LogP contribution in [0.2, 0.25) is 5.15 Å². The lowest BCUT2D eigenvalue weighted by Crippen LogP contribution is -2.26. The fraction of sp³-hybridized carbons (Fsp3) is 0.227. The van der Waals surface area contributed by atoms with Gasteiger partial charge in [-0.3, -0.25) is 19.1 Å². The summed E-state index contributed by atoms with van der Waals surface area (Å²) in [5.41, 5.74) is -3.29. The molecule has 8 aromatic heterocycles. The highest BCUT2D eigenvalue weighted by Gasteiger charge is 2.34. The van der Waals surface area contributed by atoms with Gasteiger partial charge in [-0.15, -0.1) is 0 Å². The van der Waals surface area contributed by atoms with E-state index in [1.165, 1.54) is 39.7 Å². The fourth-order valence-corrected chi connectivity index (χ4v) is 8.14. The van der Waals surface area contributed by atoms with Crippen molar-refractivity contribution in [1.82, 2.24) is 68.6 Å². The number of aromatic amines is 2. The first-order valence-corrected chi connectivity index (χ1v) is 21.6. The summed E-state index contributed by atoms with van der Waals surface area (Å²) < 4.78 is 177. The third kappa shape index (κ3) is 10.8. The van der Waals surface area contributed by atoms with Crippen LogP contribution in [-0.2, 0) is 32.6 Å². The third-order valence-electron chi connectivity index (χ3n) is 10.9. The summed E-state index contributed by atoms with van der Waals surface area (Å²) >= 11 is 6.13. The zero-order valence-electron chi connectivity index (χ0n) is 36.9. The Labute approximate surface area is 407 Å². The second kappa shape index (κ2) is 19.3. The van der Waals surface area contributed by atoms with Crippen LogP contribution in [-0.4, -0.2) is 87.1 Å². The molecular formula is C44H28ClF13N14O2. The maximum Gasteiger partial charge on any atom is 0.406 e. The number of pyridine rings is 2. The molecule has 0 amide bonds. The Hall–Kier alpha value is -8.24. The lowest BCUT2D eigenvalue weighted by Gasteiger charge is -2.11. The molecule has 2 aromatic carbocycles. The van der Waals surface area contributed by atoms with Crippen LogP contribution in [0, 0.1) is 23.3 Å². The van der Waals surface area contributed by atoms with Gasteiger partial charge in [0.05, 0.1) is 41.9 Å². The van der Waals surface area contributed by atoms with Gasteiger partial charge in [-0.1, -0.05) is 48.0 Å². The van der Waals surface area contributed by atoms with Crippen LogP contribution in [0.25, 0.3) is 67.4 Å². The van der Waals surface area contributed by atoms with Crippen molar-refractivity contribution in [3.63, 3.8) is 0 Å². The van der Waals surface area contributed by atoms with E-state index in [-0.39, 0.29) is 91.8 Å². The summed E-state index contributed by atoms with van der Waals surface area (Å²) in [7, 11) is 0. The number of fused-ring (bicyclic) bond motifs is 4. The number of benzene rings is 2. The molecule has 0 aliphatic rings. The third-order valence-corrected chi connectivity index (χ3v) is 11.2. The Morgan fingerprint density at radius 1 is 0.568 bits per heavy atom. The van der Waals surface area contributed by atoms with Crippen molar-refractivity contribution < 1.29 is 57.1 Å². The van der Waals surface area contributed by atoms with Crippen LogP contribution in [0.5, 0.6) is 0 Å². The van der Waals surface area contributed by atoms with E-state index in [9.17, 15) is 66.7 Å². The van der Waals surface area contributed by atoms with Gasteiger partial charge in [0.2, 0.25) is 0 Å². The van der Waals surface area contributed by atoms with Crippen molar-refractivity contribution in [3.8, 4) is 23.0 Å². The average molecular weight is 1070 g/mol. The molecule has 0 aliphatic carbocycles. The summed E-state index contributed by atoms with van der Waals surface area (Å²) in [6.07, 6.45) is -14.5. The van der Waals surface area contributed by atoms with E-state index in [2.05, 4.69) is 50.1 Å². The Balaban J connectivity index is 0.000000184. The molecule has 10 rings (SSSR count). The zero-order chi connectivity index (χ0) is 53.0. The lowest BCUT2D eigenvalue weighted by molar-refractivity contribution is -0.141. The van der Waals surface area contributed by atoms with E-state index < -0.39 is 96.2 Å². The standard InChI is InChI=1S/C24H17F8N7O.C20H11ClF5N7O/c25-13-8-14-17(37-39(21(14)33-9-13)10-12-4-1-2-5-15(12)26)19-34-16(6-3-7-23(27,28)29)18-20(35-19)36-22(40)38(18)11-24(30,31)32;21-15-14-17(30-19(34)32(14)8-20(24,25)26)29-16(28-15)13-11-5-10(22)6-27-18(11)33(31-13)7-9-3-1-2-4-12(9)23/h1-2,4-5,8-9H,3,6-7,10-11H2,(H,34,35,36,40);1-6H,7-8H2,(H,28,29,30,34). The Morgan fingerprint density at radius 3 is 1.47 bits per heavy atom. The molecule has 0 aliphatic heterocycles. The van der Waals surface area contributed by atoms with Gasteiger partial charge < -0.3 is 0 Å². The quantitative estimate of drug-likeness (QED) is 0.0933. The van der Waals surface area contributed by atoms with Gasteiger partial charge >= 0.3 is 29.9 Å². The second-order valence-corrected chi connectivity index (χ2v) is 16.6. The van der Waals surface area contributed by atoms with Gasteiger partial charge in [0, 0.05) is 17.5 Å². The molecule has 0 saturated heterocycles. The molecule has 74 heavy (non-hydrogen) atoms. The molecule has 0 radical (unpaired) electrons. The predicted octanol–water partition coefficient (Wildman–Crippen LogP) is 9.38. The summed E-state index contributed by atoms with van der Waals surface area (Å²) in [4.78, 5) is 53.3. The van der Waals surface area contributed by atoms with Gasteiger partial charge in [0.15, 0.2) is 39.4 Å². The molecule has 0 saturated carbocycles. The van der Waals surface area contributed by atoms with E-state index in [1.807, 2.05) is 0 Å².